The third-order valence-corrected chi connectivity index (χ3v) is 5.51. The van der Waals surface area contributed by atoms with E-state index in [1.807, 2.05) is 37.3 Å². The SMILES string of the molecule is CCOc1ccc2nc(NC(=O)C(C)Oc3ccc(Br)cc3Br)sc2c1. The van der Waals surface area contributed by atoms with E-state index >= 15 is 0 Å². The molecule has 0 aliphatic carbocycles. The summed E-state index contributed by atoms with van der Waals surface area (Å²) in [6.07, 6.45) is -0.668. The standard InChI is InChI=1S/C18H16Br2N2O3S/c1-3-24-12-5-6-14-16(9-12)26-18(21-14)22-17(23)10(2)25-15-7-4-11(19)8-13(15)20/h4-10H,3H2,1-2H3,(H,21,22,23). The number of benzene rings is 2. The molecular formula is C18H16Br2N2O3S. The third kappa shape index (κ3) is 4.55. The van der Waals surface area contributed by atoms with Crippen molar-refractivity contribution in [2.45, 2.75) is 20.0 Å². The number of aromatic nitrogens is 1. The highest BCUT2D eigenvalue weighted by Gasteiger charge is 2.18. The van der Waals surface area contributed by atoms with Crippen molar-refractivity contribution in [3.8, 4) is 11.5 Å². The fourth-order valence-corrected chi connectivity index (χ4v) is 4.27. The maximum Gasteiger partial charge on any atom is 0.266 e. The maximum absolute atomic E-state index is 12.4. The van der Waals surface area contributed by atoms with Crippen molar-refractivity contribution in [2.75, 3.05) is 11.9 Å². The molecule has 0 saturated carbocycles. The van der Waals surface area contributed by atoms with Gasteiger partial charge in [-0.05, 0) is 66.2 Å². The Morgan fingerprint density at radius 3 is 2.81 bits per heavy atom. The minimum absolute atomic E-state index is 0.260. The first-order chi connectivity index (χ1) is 12.5. The topological polar surface area (TPSA) is 60.5 Å². The van der Waals surface area contributed by atoms with Crippen LogP contribution >= 0.6 is 43.2 Å². The molecule has 0 spiro atoms. The van der Waals surface area contributed by atoms with E-state index in [1.54, 1.807) is 13.0 Å². The highest BCUT2D eigenvalue weighted by molar-refractivity contribution is 9.11. The summed E-state index contributed by atoms with van der Waals surface area (Å²) in [5.74, 6) is 1.13. The monoisotopic (exact) mass is 498 g/mol. The van der Waals surface area contributed by atoms with Crippen LogP contribution in [-0.4, -0.2) is 23.6 Å². The molecule has 2 aromatic carbocycles. The molecule has 0 aliphatic heterocycles. The van der Waals surface area contributed by atoms with Gasteiger partial charge in [-0.3, -0.25) is 10.1 Å². The number of amides is 1. The van der Waals surface area contributed by atoms with Crippen LogP contribution in [0.5, 0.6) is 11.5 Å². The van der Waals surface area contributed by atoms with Gasteiger partial charge < -0.3 is 9.47 Å². The van der Waals surface area contributed by atoms with Crippen molar-refractivity contribution in [3.63, 3.8) is 0 Å². The molecule has 1 atom stereocenters. The van der Waals surface area contributed by atoms with E-state index in [-0.39, 0.29) is 5.91 Å². The van der Waals surface area contributed by atoms with Crippen LogP contribution in [0.25, 0.3) is 10.2 Å². The van der Waals surface area contributed by atoms with Crippen LogP contribution in [0.15, 0.2) is 45.3 Å². The van der Waals surface area contributed by atoms with E-state index in [0.717, 1.165) is 24.9 Å². The number of nitrogens with zero attached hydrogens (tertiary/aromatic N) is 1. The molecule has 0 saturated heterocycles. The van der Waals surface area contributed by atoms with Crippen LogP contribution in [0.1, 0.15) is 13.8 Å². The van der Waals surface area contributed by atoms with Crippen LogP contribution < -0.4 is 14.8 Å². The number of hydrogen-bond acceptors (Lipinski definition) is 5. The van der Waals surface area contributed by atoms with Gasteiger partial charge in [0.1, 0.15) is 11.5 Å². The van der Waals surface area contributed by atoms with Gasteiger partial charge in [0, 0.05) is 4.47 Å². The molecule has 5 nitrogen and oxygen atoms in total. The Balaban J connectivity index is 1.69. The molecule has 0 aliphatic rings. The molecule has 8 heteroatoms. The van der Waals surface area contributed by atoms with E-state index in [9.17, 15) is 4.79 Å². The molecule has 1 heterocycles. The lowest BCUT2D eigenvalue weighted by molar-refractivity contribution is -0.122. The van der Waals surface area contributed by atoms with Crippen LogP contribution in [0.2, 0.25) is 0 Å². The summed E-state index contributed by atoms with van der Waals surface area (Å²) in [6.45, 7) is 4.24. The average Bonchev–Trinajstić information content (AvgIpc) is 2.99. The number of rotatable bonds is 6. The van der Waals surface area contributed by atoms with Crippen molar-refractivity contribution in [3.05, 3.63) is 45.3 Å². The molecule has 0 bridgehead atoms. The Morgan fingerprint density at radius 2 is 2.08 bits per heavy atom. The largest absolute Gasteiger partial charge is 0.494 e. The number of carbonyl (C=O) groups excluding carboxylic acids is 1. The van der Waals surface area contributed by atoms with E-state index in [0.29, 0.717) is 17.5 Å². The Kier molecular flexibility index (Phi) is 6.16. The predicted octanol–water partition coefficient (Wildman–Crippen LogP) is 5.63. The molecule has 26 heavy (non-hydrogen) atoms. The smallest absolute Gasteiger partial charge is 0.266 e. The molecular weight excluding hydrogens is 484 g/mol. The molecule has 1 amide bonds. The Labute approximate surface area is 172 Å². The van der Waals surface area contributed by atoms with Gasteiger partial charge in [-0.2, -0.15) is 0 Å². The zero-order valence-electron chi connectivity index (χ0n) is 14.1. The highest BCUT2D eigenvalue weighted by atomic mass is 79.9. The van der Waals surface area contributed by atoms with Crippen molar-refractivity contribution in [1.29, 1.82) is 0 Å². The fourth-order valence-electron chi connectivity index (χ4n) is 2.24. The van der Waals surface area contributed by atoms with Crippen LogP contribution in [0.3, 0.4) is 0 Å². The molecule has 0 fully saturated rings. The van der Waals surface area contributed by atoms with Crippen molar-refractivity contribution in [1.82, 2.24) is 4.98 Å². The van der Waals surface area contributed by atoms with E-state index in [1.165, 1.54) is 11.3 Å². The number of carbonyl (C=O) groups is 1. The first-order valence-corrected chi connectivity index (χ1v) is 10.3. The normalized spacial score (nSPS) is 12.0. The Bertz CT molecular complexity index is 945. The van der Waals surface area contributed by atoms with Gasteiger partial charge in [0.25, 0.3) is 5.91 Å². The van der Waals surface area contributed by atoms with Crippen LogP contribution in [-0.2, 0) is 4.79 Å². The summed E-state index contributed by atoms with van der Waals surface area (Å²) in [5, 5.41) is 3.34. The first-order valence-electron chi connectivity index (χ1n) is 7.92. The van der Waals surface area contributed by atoms with E-state index in [4.69, 9.17) is 9.47 Å². The van der Waals surface area contributed by atoms with Gasteiger partial charge in [-0.15, -0.1) is 0 Å². The number of halogens is 2. The van der Waals surface area contributed by atoms with Crippen molar-refractivity contribution >= 4 is 64.5 Å². The van der Waals surface area contributed by atoms with Gasteiger partial charge in [-0.25, -0.2) is 4.98 Å². The molecule has 0 radical (unpaired) electrons. The predicted molar refractivity (Wildman–Crippen MR) is 111 cm³/mol. The maximum atomic E-state index is 12.4. The second-order valence-corrected chi connectivity index (χ2v) is 8.21. The molecule has 136 valence electrons. The number of anilines is 1. The third-order valence-electron chi connectivity index (χ3n) is 3.47. The lowest BCUT2D eigenvalue weighted by atomic mass is 10.3. The van der Waals surface area contributed by atoms with Crippen LogP contribution in [0, 0.1) is 0 Å². The summed E-state index contributed by atoms with van der Waals surface area (Å²) >= 11 is 8.21. The lowest BCUT2D eigenvalue weighted by Crippen LogP contribution is -2.30. The van der Waals surface area contributed by atoms with Gasteiger partial charge in [0.05, 0.1) is 21.3 Å². The lowest BCUT2D eigenvalue weighted by Gasteiger charge is -2.15. The highest BCUT2D eigenvalue weighted by Crippen LogP contribution is 2.31. The van der Waals surface area contributed by atoms with Crippen molar-refractivity contribution < 1.29 is 14.3 Å². The molecule has 3 rings (SSSR count). The first kappa shape index (κ1) is 19.1. The quantitative estimate of drug-likeness (QED) is 0.477. The number of ether oxygens (including phenoxy) is 2. The Hall–Kier alpha value is -1.64. The van der Waals surface area contributed by atoms with Gasteiger partial charge in [0.2, 0.25) is 0 Å². The van der Waals surface area contributed by atoms with Gasteiger partial charge in [-0.1, -0.05) is 27.3 Å². The number of thiazole rings is 1. The average molecular weight is 500 g/mol. The number of hydrogen-bond donors (Lipinski definition) is 1. The summed E-state index contributed by atoms with van der Waals surface area (Å²) in [7, 11) is 0. The van der Waals surface area contributed by atoms with Crippen LogP contribution in [0.4, 0.5) is 5.13 Å². The number of fused-ring (bicyclic) bond motifs is 1. The summed E-state index contributed by atoms with van der Waals surface area (Å²) in [4.78, 5) is 16.9. The minimum Gasteiger partial charge on any atom is -0.494 e. The molecule has 1 N–H and O–H groups in total. The second-order valence-electron chi connectivity index (χ2n) is 5.41. The summed E-state index contributed by atoms with van der Waals surface area (Å²) in [6, 6.07) is 11.2. The zero-order valence-corrected chi connectivity index (χ0v) is 18.1. The Morgan fingerprint density at radius 1 is 1.27 bits per heavy atom. The van der Waals surface area contributed by atoms with Gasteiger partial charge in [0.15, 0.2) is 11.2 Å². The van der Waals surface area contributed by atoms with Gasteiger partial charge >= 0.3 is 0 Å². The molecule has 1 unspecified atom stereocenters. The minimum atomic E-state index is -0.668. The number of nitrogens with one attached hydrogen (secondary N) is 1. The second kappa shape index (κ2) is 8.37. The van der Waals surface area contributed by atoms with E-state index in [2.05, 4.69) is 42.2 Å². The zero-order chi connectivity index (χ0) is 18.7. The molecule has 1 aromatic heterocycles. The summed E-state index contributed by atoms with van der Waals surface area (Å²) in [5.41, 5.74) is 0.818. The van der Waals surface area contributed by atoms with E-state index < -0.39 is 6.10 Å². The molecule has 3 aromatic rings. The van der Waals surface area contributed by atoms with Crippen molar-refractivity contribution in [2.24, 2.45) is 0 Å². The summed E-state index contributed by atoms with van der Waals surface area (Å²) < 4.78 is 13.9. The fraction of sp³-hybridized carbons (Fsp3) is 0.222.